The average Bonchev–Trinajstić information content (AvgIpc) is 2.30. The highest BCUT2D eigenvalue weighted by atomic mass is 79.9. The van der Waals surface area contributed by atoms with Crippen molar-refractivity contribution in [2.45, 2.75) is 38.5 Å². The first kappa shape index (κ1) is 12.6. The van der Waals surface area contributed by atoms with Crippen molar-refractivity contribution in [2.75, 3.05) is 0 Å². The van der Waals surface area contributed by atoms with Crippen LogP contribution in [0.3, 0.4) is 0 Å². The first-order chi connectivity index (χ1) is 8.08. The van der Waals surface area contributed by atoms with E-state index in [9.17, 15) is 4.79 Å². The maximum atomic E-state index is 11.0. The van der Waals surface area contributed by atoms with Crippen molar-refractivity contribution < 1.29 is 4.79 Å². The van der Waals surface area contributed by atoms with Gasteiger partial charge in [-0.05, 0) is 52.2 Å². The van der Waals surface area contributed by atoms with Gasteiger partial charge in [0.1, 0.15) is 10.3 Å². The van der Waals surface area contributed by atoms with E-state index in [0.717, 1.165) is 10.5 Å². The SMILES string of the molecule is CC1CCC(c2ccc(C(N)=O)nc2Br)CC1. The third-order valence-corrected chi connectivity index (χ3v) is 4.22. The van der Waals surface area contributed by atoms with Crippen LogP contribution in [0.2, 0.25) is 0 Å². The van der Waals surface area contributed by atoms with Crippen molar-refractivity contribution in [1.29, 1.82) is 0 Å². The number of amides is 1. The zero-order chi connectivity index (χ0) is 12.4. The smallest absolute Gasteiger partial charge is 0.267 e. The quantitative estimate of drug-likeness (QED) is 0.852. The number of nitrogens with zero attached hydrogens (tertiary/aromatic N) is 1. The van der Waals surface area contributed by atoms with Crippen molar-refractivity contribution in [3.05, 3.63) is 28.0 Å². The van der Waals surface area contributed by atoms with Crippen molar-refractivity contribution in [3.63, 3.8) is 0 Å². The fourth-order valence-corrected chi connectivity index (χ4v) is 3.10. The number of nitrogens with two attached hydrogens (primary N) is 1. The third kappa shape index (κ3) is 2.86. The highest BCUT2D eigenvalue weighted by Gasteiger charge is 2.22. The van der Waals surface area contributed by atoms with Crippen LogP contribution in [0.4, 0.5) is 0 Å². The lowest BCUT2D eigenvalue weighted by molar-refractivity contribution is 0.0995. The lowest BCUT2D eigenvalue weighted by atomic mass is 9.80. The summed E-state index contributed by atoms with van der Waals surface area (Å²) in [5.74, 6) is 0.924. The molecule has 0 saturated heterocycles. The van der Waals surface area contributed by atoms with Crippen LogP contribution in [0.5, 0.6) is 0 Å². The third-order valence-electron chi connectivity index (χ3n) is 3.59. The summed E-state index contributed by atoms with van der Waals surface area (Å²) < 4.78 is 0.772. The predicted molar refractivity (Wildman–Crippen MR) is 70.8 cm³/mol. The highest BCUT2D eigenvalue weighted by molar-refractivity contribution is 9.10. The summed E-state index contributed by atoms with van der Waals surface area (Å²) in [4.78, 5) is 15.2. The van der Waals surface area contributed by atoms with Crippen LogP contribution in [0, 0.1) is 5.92 Å². The standard InChI is InChI=1S/C13H17BrN2O/c1-8-2-4-9(5-3-8)10-6-7-11(13(15)17)16-12(10)14/h6-9H,2-5H2,1H3,(H2,15,17). The Morgan fingerprint density at radius 2 is 2.00 bits per heavy atom. The molecule has 0 radical (unpaired) electrons. The molecule has 0 atom stereocenters. The molecule has 4 heteroatoms. The molecule has 0 aromatic carbocycles. The first-order valence-electron chi connectivity index (χ1n) is 6.04. The molecule has 2 N–H and O–H groups in total. The molecule has 0 spiro atoms. The molecule has 1 aliphatic rings. The summed E-state index contributed by atoms with van der Waals surface area (Å²) in [5.41, 5.74) is 6.74. The molecule has 0 unspecified atom stereocenters. The molecule has 1 amide bonds. The average molecular weight is 297 g/mol. The number of carbonyl (C=O) groups is 1. The number of halogens is 1. The van der Waals surface area contributed by atoms with Gasteiger partial charge in [0.2, 0.25) is 0 Å². The number of hydrogen-bond donors (Lipinski definition) is 1. The van der Waals surface area contributed by atoms with Crippen LogP contribution in [-0.2, 0) is 0 Å². The van der Waals surface area contributed by atoms with E-state index in [4.69, 9.17) is 5.73 Å². The Kier molecular flexibility index (Phi) is 3.82. The largest absolute Gasteiger partial charge is 0.364 e. The lowest BCUT2D eigenvalue weighted by Crippen LogP contribution is -2.15. The van der Waals surface area contributed by atoms with Gasteiger partial charge < -0.3 is 5.73 Å². The summed E-state index contributed by atoms with van der Waals surface area (Å²) in [7, 11) is 0. The molecular formula is C13H17BrN2O. The lowest BCUT2D eigenvalue weighted by Gasteiger charge is -2.26. The van der Waals surface area contributed by atoms with Crippen molar-refractivity contribution in [3.8, 4) is 0 Å². The maximum Gasteiger partial charge on any atom is 0.267 e. The van der Waals surface area contributed by atoms with E-state index in [0.29, 0.717) is 11.6 Å². The zero-order valence-corrected chi connectivity index (χ0v) is 11.5. The molecule has 1 aliphatic carbocycles. The zero-order valence-electron chi connectivity index (χ0n) is 9.95. The van der Waals surface area contributed by atoms with Gasteiger partial charge in [-0.25, -0.2) is 4.98 Å². The Bertz CT molecular complexity index is 425. The van der Waals surface area contributed by atoms with Crippen LogP contribution in [0.1, 0.15) is 54.6 Å². The highest BCUT2D eigenvalue weighted by Crippen LogP contribution is 2.37. The van der Waals surface area contributed by atoms with Gasteiger partial charge in [0, 0.05) is 0 Å². The van der Waals surface area contributed by atoms with Crippen LogP contribution in [-0.4, -0.2) is 10.9 Å². The fourth-order valence-electron chi connectivity index (χ4n) is 2.46. The molecule has 1 heterocycles. The van der Waals surface area contributed by atoms with Gasteiger partial charge in [-0.15, -0.1) is 0 Å². The van der Waals surface area contributed by atoms with Gasteiger partial charge in [0.05, 0.1) is 0 Å². The predicted octanol–water partition coefficient (Wildman–Crippen LogP) is 3.24. The second kappa shape index (κ2) is 5.17. The minimum Gasteiger partial charge on any atom is -0.364 e. The van der Waals surface area contributed by atoms with E-state index in [1.54, 1.807) is 6.07 Å². The van der Waals surface area contributed by atoms with Crippen molar-refractivity contribution in [1.82, 2.24) is 4.98 Å². The normalized spacial score (nSPS) is 24.6. The van der Waals surface area contributed by atoms with E-state index in [-0.39, 0.29) is 0 Å². The fraction of sp³-hybridized carbons (Fsp3) is 0.538. The summed E-state index contributed by atoms with van der Waals surface area (Å²) >= 11 is 3.45. The Balaban J connectivity index is 2.19. The number of primary amides is 1. The molecule has 1 saturated carbocycles. The van der Waals surface area contributed by atoms with Gasteiger partial charge >= 0.3 is 0 Å². The number of carbonyl (C=O) groups excluding carboxylic acids is 1. The Morgan fingerprint density at radius 3 is 2.53 bits per heavy atom. The van der Waals surface area contributed by atoms with E-state index in [1.165, 1.54) is 31.2 Å². The number of rotatable bonds is 2. The Morgan fingerprint density at radius 1 is 1.35 bits per heavy atom. The van der Waals surface area contributed by atoms with Gasteiger partial charge in [-0.2, -0.15) is 0 Å². The Labute approximate surface area is 110 Å². The minimum absolute atomic E-state index is 0.324. The molecule has 0 bridgehead atoms. The molecule has 1 fully saturated rings. The molecule has 0 aliphatic heterocycles. The second-order valence-corrected chi connectivity index (χ2v) is 5.65. The van der Waals surface area contributed by atoms with E-state index < -0.39 is 5.91 Å². The molecular weight excluding hydrogens is 280 g/mol. The van der Waals surface area contributed by atoms with E-state index >= 15 is 0 Å². The summed E-state index contributed by atoms with van der Waals surface area (Å²) in [6, 6.07) is 3.71. The van der Waals surface area contributed by atoms with Crippen molar-refractivity contribution in [2.24, 2.45) is 11.7 Å². The first-order valence-corrected chi connectivity index (χ1v) is 6.83. The molecule has 17 heavy (non-hydrogen) atoms. The molecule has 1 aromatic heterocycles. The number of hydrogen-bond acceptors (Lipinski definition) is 2. The molecule has 92 valence electrons. The van der Waals surface area contributed by atoms with Crippen LogP contribution in [0.25, 0.3) is 0 Å². The van der Waals surface area contributed by atoms with E-state index in [1.807, 2.05) is 6.07 Å². The molecule has 1 aromatic rings. The number of aromatic nitrogens is 1. The Hall–Kier alpha value is -0.900. The second-order valence-electron chi connectivity index (χ2n) is 4.90. The van der Waals surface area contributed by atoms with Gasteiger partial charge in [-0.1, -0.05) is 25.8 Å². The summed E-state index contributed by atoms with van der Waals surface area (Å²) in [6.07, 6.45) is 4.96. The van der Waals surface area contributed by atoms with Gasteiger partial charge in [0.25, 0.3) is 5.91 Å². The van der Waals surface area contributed by atoms with Gasteiger partial charge in [0.15, 0.2) is 0 Å². The molecule has 3 nitrogen and oxygen atoms in total. The monoisotopic (exact) mass is 296 g/mol. The minimum atomic E-state index is -0.477. The topological polar surface area (TPSA) is 56.0 Å². The summed E-state index contributed by atoms with van der Waals surface area (Å²) in [6.45, 7) is 2.31. The van der Waals surface area contributed by atoms with Crippen LogP contribution < -0.4 is 5.73 Å². The molecule has 2 rings (SSSR count). The van der Waals surface area contributed by atoms with Crippen LogP contribution >= 0.6 is 15.9 Å². The maximum absolute atomic E-state index is 11.0. The van der Waals surface area contributed by atoms with Gasteiger partial charge in [-0.3, -0.25) is 4.79 Å². The van der Waals surface area contributed by atoms with E-state index in [2.05, 4.69) is 27.8 Å². The van der Waals surface area contributed by atoms with Crippen molar-refractivity contribution >= 4 is 21.8 Å². The number of pyridine rings is 1. The summed E-state index contributed by atoms with van der Waals surface area (Å²) in [5, 5.41) is 0. The van der Waals surface area contributed by atoms with Crippen LogP contribution in [0.15, 0.2) is 16.7 Å².